The molecule has 0 saturated heterocycles. The second kappa shape index (κ2) is 4.89. The molecule has 0 aliphatic heterocycles. The van der Waals surface area contributed by atoms with E-state index in [1.807, 2.05) is 5.92 Å². The Morgan fingerprint density at radius 2 is 1.67 bits per heavy atom. The first kappa shape index (κ1) is 11.5. The first-order valence-corrected chi connectivity index (χ1v) is 7.04. The Balaban J connectivity index is 2.01. The quantitative estimate of drug-likeness (QED) is 0.607. The van der Waals surface area contributed by atoms with Crippen molar-refractivity contribution in [2.24, 2.45) is 23.7 Å². The molecule has 2 unspecified atom stereocenters. The van der Waals surface area contributed by atoms with Gasteiger partial charge in [0.25, 0.3) is 0 Å². The van der Waals surface area contributed by atoms with Crippen LogP contribution in [-0.4, -0.2) is 0 Å². The molecule has 0 spiro atoms. The van der Waals surface area contributed by atoms with Crippen LogP contribution in [0.4, 0.5) is 0 Å². The molecule has 15 heavy (non-hydrogen) atoms. The molecule has 0 N–H and O–H groups in total. The van der Waals surface area contributed by atoms with E-state index in [0.717, 1.165) is 23.7 Å². The molecular weight excluding hydrogens is 180 g/mol. The molecule has 1 radical (unpaired) electrons. The maximum atomic E-state index is 2.45. The number of hydrogen-bond acceptors (Lipinski definition) is 0. The normalized spacial score (nSPS) is 35.2. The summed E-state index contributed by atoms with van der Waals surface area (Å²) in [6.07, 6.45) is 10.4. The van der Waals surface area contributed by atoms with Gasteiger partial charge in [-0.15, -0.1) is 0 Å². The lowest BCUT2D eigenvalue weighted by atomic mass is 9.65. The average Bonchev–Trinajstić information content (AvgIpc) is 2.69. The second-order valence-corrected chi connectivity index (χ2v) is 6.29. The van der Waals surface area contributed by atoms with E-state index in [0.29, 0.717) is 0 Å². The molecule has 2 saturated carbocycles. The number of hydrogen-bond donors (Lipinski definition) is 0. The van der Waals surface area contributed by atoms with E-state index >= 15 is 0 Å². The summed E-state index contributed by atoms with van der Waals surface area (Å²) < 4.78 is 0. The molecule has 0 amide bonds. The van der Waals surface area contributed by atoms with Gasteiger partial charge in [0.05, 0.1) is 0 Å². The highest BCUT2D eigenvalue weighted by Gasteiger charge is 2.36. The van der Waals surface area contributed by atoms with Crippen LogP contribution in [0, 0.1) is 29.6 Å². The van der Waals surface area contributed by atoms with Crippen molar-refractivity contribution in [2.45, 2.75) is 65.7 Å². The molecule has 0 nitrogen and oxygen atoms in total. The molecule has 0 aromatic heterocycles. The number of rotatable bonds is 2. The lowest BCUT2D eigenvalue weighted by Gasteiger charge is -2.40. The Labute approximate surface area is 95.8 Å². The molecule has 87 valence electrons. The minimum absolute atomic E-state index is 0.882. The van der Waals surface area contributed by atoms with Gasteiger partial charge >= 0.3 is 0 Å². The smallest absolute Gasteiger partial charge is 0.0174 e. The van der Waals surface area contributed by atoms with Gasteiger partial charge in [-0.05, 0) is 55.3 Å². The van der Waals surface area contributed by atoms with E-state index in [1.54, 1.807) is 0 Å². The van der Waals surface area contributed by atoms with Crippen LogP contribution in [0.5, 0.6) is 0 Å². The van der Waals surface area contributed by atoms with Crippen molar-refractivity contribution in [3.63, 3.8) is 0 Å². The molecular formula is C15H27. The Morgan fingerprint density at radius 1 is 1.00 bits per heavy atom. The summed E-state index contributed by atoms with van der Waals surface area (Å²) in [5.41, 5.74) is 0. The topological polar surface area (TPSA) is 0 Å². The first-order valence-electron chi connectivity index (χ1n) is 7.04. The fourth-order valence-electron chi connectivity index (χ4n) is 3.83. The zero-order chi connectivity index (χ0) is 10.8. The maximum Gasteiger partial charge on any atom is -0.0174 e. The van der Waals surface area contributed by atoms with Crippen molar-refractivity contribution in [1.82, 2.24) is 0 Å². The Hall–Kier alpha value is 0. The Kier molecular flexibility index (Phi) is 3.74. The van der Waals surface area contributed by atoms with E-state index in [1.165, 1.54) is 44.9 Å². The predicted octanol–water partition coefficient (Wildman–Crippen LogP) is 4.84. The average molecular weight is 207 g/mol. The van der Waals surface area contributed by atoms with Gasteiger partial charge in [-0.2, -0.15) is 0 Å². The van der Waals surface area contributed by atoms with Gasteiger partial charge in [-0.25, -0.2) is 0 Å². The summed E-state index contributed by atoms with van der Waals surface area (Å²) in [4.78, 5) is 0. The third-order valence-corrected chi connectivity index (χ3v) is 4.72. The summed E-state index contributed by atoms with van der Waals surface area (Å²) in [5, 5.41) is 0. The highest BCUT2D eigenvalue weighted by molar-refractivity contribution is 5.07. The molecule has 0 aromatic carbocycles. The fraction of sp³-hybridized carbons (Fsp3) is 0.933. The molecule has 2 rings (SSSR count). The van der Waals surface area contributed by atoms with Crippen molar-refractivity contribution in [3.05, 3.63) is 5.92 Å². The van der Waals surface area contributed by atoms with E-state index < -0.39 is 0 Å². The molecule has 2 fully saturated rings. The van der Waals surface area contributed by atoms with Crippen LogP contribution in [0.1, 0.15) is 65.7 Å². The van der Waals surface area contributed by atoms with Crippen LogP contribution in [0.25, 0.3) is 0 Å². The molecule has 0 heteroatoms. The first-order chi connectivity index (χ1) is 7.18. The summed E-state index contributed by atoms with van der Waals surface area (Å²) in [5.74, 6) is 5.80. The molecule has 0 heterocycles. The highest BCUT2D eigenvalue weighted by atomic mass is 14.4. The van der Waals surface area contributed by atoms with Crippen LogP contribution >= 0.6 is 0 Å². The van der Waals surface area contributed by atoms with Gasteiger partial charge in [0, 0.05) is 0 Å². The second-order valence-electron chi connectivity index (χ2n) is 6.29. The molecule has 2 aliphatic carbocycles. The molecule has 0 aromatic rings. The van der Waals surface area contributed by atoms with Gasteiger partial charge in [-0.1, -0.05) is 40.0 Å². The van der Waals surface area contributed by atoms with E-state index in [2.05, 4.69) is 20.8 Å². The monoisotopic (exact) mass is 207 g/mol. The maximum absolute atomic E-state index is 2.45. The van der Waals surface area contributed by atoms with Crippen molar-refractivity contribution in [3.8, 4) is 0 Å². The molecule has 2 aliphatic rings. The SMILES string of the molecule is CC1CCC(C(C)C)[C](C2CCCC2)C1. The van der Waals surface area contributed by atoms with Crippen LogP contribution in [-0.2, 0) is 0 Å². The predicted molar refractivity (Wildman–Crippen MR) is 66.5 cm³/mol. The third-order valence-electron chi connectivity index (χ3n) is 4.72. The van der Waals surface area contributed by atoms with E-state index in [9.17, 15) is 0 Å². The highest BCUT2D eigenvalue weighted by Crippen LogP contribution is 2.48. The van der Waals surface area contributed by atoms with E-state index in [4.69, 9.17) is 0 Å². The Bertz CT molecular complexity index is 188. The zero-order valence-electron chi connectivity index (χ0n) is 10.8. The van der Waals surface area contributed by atoms with Gasteiger partial charge in [0.15, 0.2) is 0 Å². The molecule has 0 bridgehead atoms. The van der Waals surface area contributed by atoms with Crippen molar-refractivity contribution in [1.29, 1.82) is 0 Å². The zero-order valence-corrected chi connectivity index (χ0v) is 10.8. The minimum Gasteiger partial charge on any atom is -0.0625 e. The van der Waals surface area contributed by atoms with Crippen LogP contribution in [0.15, 0.2) is 0 Å². The van der Waals surface area contributed by atoms with Gasteiger partial charge < -0.3 is 0 Å². The van der Waals surface area contributed by atoms with E-state index in [-0.39, 0.29) is 0 Å². The summed E-state index contributed by atoms with van der Waals surface area (Å²) in [7, 11) is 0. The summed E-state index contributed by atoms with van der Waals surface area (Å²) in [6, 6.07) is 0. The lowest BCUT2D eigenvalue weighted by molar-refractivity contribution is 0.223. The van der Waals surface area contributed by atoms with Crippen LogP contribution < -0.4 is 0 Å². The lowest BCUT2D eigenvalue weighted by Crippen LogP contribution is -2.30. The van der Waals surface area contributed by atoms with Crippen molar-refractivity contribution >= 4 is 0 Å². The van der Waals surface area contributed by atoms with Crippen LogP contribution in [0.2, 0.25) is 0 Å². The van der Waals surface area contributed by atoms with Gasteiger partial charge in [0.1, 0.15) is 0 Å². The third kappa shape index (κ3) is 2.57. The Morgan fingerprint density at radius 3 is 2.27 bits per heavy atom. The van der Waals surface area contributed by atoms with Crippen molar-refractivity contribution < 1.29 is 0 Å². The molecule has 2 atom stereocenters. The minimum atomic E-state index is 0.882. The standard InChI is InChI=1S/C15H27/c1-11(2)14-9-8-12(3)10-15(14)13-6-4-5-7-13/h11-14H,4-10H2,1-3H3. The largest absolute Gasteiger partial charge is 0.0625 e. The van der Waals surface area contributed by atoms with Gasteiger partial charge in [0.2, 0.25) is 0 Å². The van der Waals surface area contributed by atoms with Crippen LogP contribution in [0.3, 0.4) is 0 Å². The van der Waals surface area contributed by atoms with Crippen molar-refractivity contribution in [2.75, 3.05) is 0 Å². The van der Waals surface area contributed by atoms with Gasteiger partial charge in [-0.3, -0.25) is 0 Å². The fourth-order valence-corrected chi connectivity index (χ4v) is 3.83. The summed E-state index contributed by atoms with van der Waals surface area (Å²) >= 11 is 0. The summed E-state index contributed by atoms with van der Waals surface area (Å²) in [6.45, 7) is 7.30.